The summed E-state index contributed by atoms with van der Waals surface area (Å²) in [6.07, 6.45) is 5.89. The lowest BCUT2D eigenvalue weighted by Gasteiger charge is -2.11. The van der Waals surface area contributed by atoms with Crippen LogP contribution in [-0.4, -0.2) is 28.2 Å². The lowest BCUT2D eigenvalue weighted by atomic mass is 10.2. The second-order valence-electron chi connectivity index (χ2n) is 10.5. The van der Waals surface area contributed by atoms with Gasteiger partial charge in [-0.25, -0.2) is 9.97 Å². The van der Waals surface area contributed by atoms with Crippen LogP contribution in [0.5, 0.6) is 0 Å². The summed E-state index contributed by atoms with van der Waals surface area (Å²) in [5, 5.41) is 5.93. The molecule has 6 nitrogen and oxygen atoms in total. The summed E-state index contributed by atoms with van der Waals surface area (Å²) in [5.74, 6) is 1.78. The summed E-state index contributed by atoms with van der Waals surface area (Å²) < 4.78 is 8.74. The Morgan fingerprint density at radius 1 is 0.561 bits per heavy atom. The van der Waals surface area contributed by atoms with E-state index in [0.717, 1.165) is 55.9 Å². The normalized spacial score (nSPS) is 12.0. The van der Waals surface area contributed by atoms with Crippen molar-refractivity contribution in [3.05, 3.63) is 128 Å². The molecule has 5 heterocycles. The minimum atomic E-state index is 0.881. The van der Waals surface area contributed by atoms with E-state index in [9.17, 15) is 0 Å². The van der Waals surface area contributed by atoms with Crippen molar-refractivity contribution in [3.63, 3.8) is 0 Å². The lowest BCUT2D eigenvalue weighted by Crippen LogP contribution is -2.03. The number of rotatable bonds is 3. The van der Waals surface area contributed by atoms with E-state index in [2.05, 4.69) is 134 Å². The van der Waals surface area contributed by atoms with Gasteiger partial charge < -0.3 is 4.57 Å². The van der Waals surface area contributed by atoms with Crippen molar-refractivity contribution in [1.29, 1.82) is 0 Å². The van der Waals surface area contributed by atoms with Crippen LogP contribution in [0.1, 0.15) is 0 Å². The van der Waals surface area contributed by atoms with Gasteiger partial charge >= 0.3 is 0 Å². The fraction of sp³-hybridized carbons (Fsp3) is 0.0286. The van der Waals surface area contributed by atoms with Gasteiger partial charge in [-0.1, -0.05) is 60.7 Å². The van der Waals surface area contributed by atoms with Crippen LogP contribution in [0.25, 0.3) is 72.1 Å². The molecule has 0 radical (unpaired) electrons. The van der Waals surface area contributed by atoms with Crippen molar-refractivity contribution >= 4 is 54.6 Å². The maximum atomic E-state index is 5.39. The molecule has 0 N–H and O–H groups in total. The standard InChI is InChI=1S/C35H24N6/c1-38-21-19-36-35(38)39-20-18-23-14-15-24(22-32(23)39)40-29-11-5-4-10-27(29)28-16-17-33(37-34(28)40)41-30-12-6-2-8-25(30)26-9-3-7-13-31(26)41/h2-22H,1H3. The van der Waals surface area contributed by atoms with Crippen LogP contribution < -0.4 is 0 Å². The molecule has 5 aromatic heterocycles. The number of nitrogens with zero attached hydrogens (tertiary/aromatic N) is 6. The van der Waals surface area contributed by atoms with E-state index in [0.29, 0.717) is 0 Å². The summed E-state index contributed by atoms with van der Waals surface area (Å²) in [6.45, 7) is 0. The minimum Gasteiger partial charge on any atom is -0.320 e. The molecule has 0 unspecified atom stereocenters. The molecule has 0 fully saturated rings. The minimum absolute atomic E-state index is 0.881. The molecule has 9 aromatic rings. The maximum absolute atomic E-state index is 5.39. The smallest absolute Gasteiger partial charge is 0.213 e. The molecule has 0 aliphatic rings. The fourth-order valence-electron chi connectivity index (χ4n) is 6.40. The van der Waals surface area contributed by atoms with Gasteiger partial charge in [-0.2, -0.15) is 0 Å². The van der Waals surface area contributed by atoms with E-state index in [1.807, 2.05) is 24.0 Å². The Bertz CT molecular complexity index is 2400. The third-order valence-electron chi connectivity index (χ3n) is 8.26. The first-order chi connectivity index (χ1) is 20.3. The highest BCUT2D eigenvalue weighted by molar-refractivity contribution is 6.10. The topological polar surface area (TPSA) is 45.5 Å². The van der Waals surface area contributed by atoms with Crippen molar-refractivity contribution in [2.75, 3.05) is 0 Å². The first kappa shape index (κ1) is 22.2. The molecular weight excluding hydrogens is 504 g/mol. The molecule has 194 valence electrons. The van der Waals surface area contributed by atoms with Crippen LogP contribution in [0.15, 0.2) is 128 Å². The third-order valence-corrected chi connectivity index (χ3v) is 8.26. The van der Waals surface area contributed by atoms with Crippen LogP contribution in [-0.2, 0) is 7.05 Å². The quantitative estimate of drug-likeness (QED) is 0.234. The van der Waals surface area contributed by atoms with Gasteiger partial charge in [-0.3, -0.25) is 13.7 Å². The largest absolute Gasteiger partial charge is 0.320 e. The zero-order valence-electron chi connectivity index (χ0n) is 22.3. The molecule has 0 saturated heterocycles. The number of benzene rings is 4. The monoisotopic (exact) mass is 528 g/mol. The van der Waals surface area contributed by atoms with Crippen LogP contribution in [0.2, 0.25) is 0 Å². The molecular formula is C35H24N6. The van der Waals surface area contributed by atoms with E-state index >= 15 is 0 Å². The summed E-state index contributed by atoms with van der Waals surface area (Å²) in [6, 6.07) is 38.8. The van der Waals surface area contributed by atoms with E-state index in [4.69, 9.17) is 4.98 Å². The number of fused-ring (bicyclic) bond motifs is 7. The average Bonchev–Trinajstić information content (AvgIpc) is 3.78. The predicted molar refractivity (Wildman–Crippen MR) is 167 cm³/mol. The van der Waals surface area contributed by atoms with E-state index < -0.39 is 0 Å². The van der Waals surface area contributed by atoms with Gasteiger partial charge in [-0.15, -0.1) is 0 Å². The summed E-state index contributed by atoms with van der Waals surface area (Å²) >= 11 is 0. The van der Waals surface area contributed by atoms with Crippen LogP contribution in [0.3, 0.4) is 0 Å². The van der Waals surface area contributed by atoms with Gasteiger partial charge in [0.05, 0.1) is 22.1 Å². The fourth-order valence-corrected chi connectivity index (χ4v) is 6.40. The van der Waals surface area contributed by atoms with Gasteiger partial charge in [0.1, 0.15) is 11.5 Å². The molecule has 9 rings (SSSR count). The average molecular weight is 529 g/mol. The summed E-state index contributed by atoms with van der Waals surface area (Å²) in [5.41, 5.74) is 6.52. The molecule has 0 amide bonds. The number of aryl methyl sites for hydroxylation is 1. The number of para-hydroxylation sites is 3. The van der Waals surface area contributed by atoms with Gasteiger partial charge in [0.25, 0.3) is 0 Å². The third kappa shape index (κ3) is 3.07. The van der Waals surface area contributed by atoms with Gasteiger partial charge in [-0.05, 0) is 48.5 Å². The van der Waals surface area contributed by atoms with Crippen molar-refractivity contribution in [1.82, 2.24) is 28.2 Å². The number of aromatic nitrogens is 6. The van der Waals surface area contributed by atoms with E-state index in [1.165, 1.54) is 16.2 Å². The van der Waals surface area contributed by atoms with Crippen molar-refractivity contribution in [2.45, 2.75) is 0 Å². The molecule has 4 aromatic carbocycles. The first-order valence-corrected chi connectivity index (χ1v) is 13.7. The van der Waals surface area contributed by atoms with Crippen molar-refractivity contribution < 1.29 is 0 Å². The Hall–Kier alpha value is -5.62. The number of imidazole rings is 1. The highest BCUT2D eigenvalue weighted by Gasteiger charge is 2.18. The zero-order valence-corrected chi connectivity index (χ0v) is 22.3. The Balaban J connectivity index is 1.35. The predicted octanol–water partition coefficient (Wildman–Crippen LogP) is 7.95. The van der Waals surface area contributed by atoms with Crippen LogP contribution in [0, 0.1) is 0 Å². The maximum Gasteiger partial charge on any atom is 0.213 e. The Morgan fingerprint density at radius 2 is 1.22 bits per heavy atom. The molecule has 0 aliphatic heterocycles. The Morgan fingerprint density at radius 3 is 1.90 bits per heavy atom. The molecule has 0 aliphatic carbocycles. The van der Waals surface area contributed by atoms with Gasteiger partial charge in [0.15, 0.2) is 0 Å². The molecule has 0 saturated carbocycles. The van der Waals surface area contributed by atoms with Crippen LogP contribution >= 0.6 is 0 Å². The van der Waals surface area contributed by atoms with E-state index in [-0.39, 0.29) is 0 Å². The number of pyridine rings is 1. The summed E-state index contributed by atoms with van der Waals surface area (Å²) in [7, 11) is 2.02. The lowest BCUT2D eigenvalue weighted by molar-refractivity contribution is 0.834. The van der Waals surface area contributed by atoms with Crippen molar-refractivity contribution in [2.24, 2.45) is 7.05 Å². The number of hydrogen-bond acceptors (Lipinski definition) is 2. The van der Waals surface area contributed by atoms with E-state index in [1.54, 1.807) is 0 Å². The highest BCUT2D eigenvalue weighted by Crippen LogP contribution is 2.35. The van der Waals surface area contributed by atoms with Gasteiger partial charge in [0, 0.05) is 58.3 Å². The van der Waals surface area contributed by atoms with Gasteiger partial charge in [0.2, 0.25) is 5.95 Å². The second-order valence-corrected chi connectivity index (χ2v) is 10.5. The molecule has 6 heteroatoms. The highest BCUT2D eigenvalue weighted by atomic mass is 15.2. The molecule has 41 heavy (non-hydrogen) atoms. The summed E-state index contributed by atoms with van der Waals surface area (Å²) in [4.78, 5) is 9.98. The second kappa shape index (κ2) is 8.19. The molecule has 0 atom stereocenters. The first-order valence-electron chi connectivity index (χ1n) is 13.7. The molecule has 0 bridgehead atoms. The SMILES string of the molecule is Cn1ccnc1-n1ccc2ccc(-n3c4ccccc4c4ccc(-n5c6ccccc6c6ccccc65)nc43)cc21. The van der Waals surface area contributed by atoms with Crippen LogP contribution in [0.4, 0.5) is 0 Å². The van der Waals surface area contributed by atoms with Crippen molar-refractivity contribution in [3.8, 4) is 17.5 Å². The molecule has 0 spiro atoms. The Kier molecular flexibility index (Phi) is 4.44. The Labute approximate surface area is 234 Å². The zero-order chi connectivity index (χ0) is 27.1. The number of hydrogen-bond donors (Lipinski definition) is 0.